The molecule has 0 saturated carbocycles. The van der Waals surface area contributed by atoms with Gasteiger partial charge in [0, 0.05) is 0 Å². The van der Waals surface area contributed by atoms with E-state index in [0.717, 1.165) is 0 Å². The average Bonchev–Trinajstić information content (AvgIpc) is 1.50. The molecule has 0 atom stereocenters. The van der Waals surface area contributed by atoms with E-state index in [1.807, 2.05) is 0 Å². The van der Waals surface area contributed by atoms with Crippen molar-refractivity contribution in [2.45, 2.75) is 0 Å². The zero-order chi connectivity index (χ0) is 11.7. The van der Waals surface area contributed by atoms with Crippen molar-refractivity contribution in [1.82, 2.24) is 0 Å². The van der Waals surface area contributed by atoms with Crippen LogP contribution in [0.5, 0.6) is 0 Å². The highest BCUT2D eigenvalue weighted by Crippen LogP contribution is 1.62. The lowest BCUT2D eigenvalue weighted by Gasteiger charge is -1.87. The van der Waals surface area contributed by atoms with Crippen molar-refractivity contribution in [1.29, 1.82) is 0 Å². The van der Waals surface area contributed by atoms with Gasteiger partial charge >= 0.3 is 10.4 Å². The maximum Gasteiger partial charge on any atom is 0.394 e. The Morgan fingerprint density at radius 2 is 0.923 bits per heavy atom. The summed E-state index contributed by atoms with van der Waals surface area (Å²) in [4.78, 5) is 0. The fraction of sp³-hybridized carbons (Fsp3) is 1.00. The molecular weight excluding hydrogens is 240 g/mol. The molecule has 0 unspecified atom stereocenters. The normalized spacial score (nSPS) is 10.0. The van der Waals surface area contributed by atoms with Gasteiger partial charge in [0.15, 0.2) is 0 Å². The topological polar surface area (TPSA) is 121 Å². The first-order valence-electron chi connectivity index (χ1n) is 2.66. The van der Waals surface area contributed by atoms with Gasteiger partial charge in [0.25, 0.3) is 0 Å². The molecule has 9 heteroatoms. The molecule has 0 rings (SSSR count). The van der Waals surface area contributed by atoms with Crippen LogP contribution in [0.25, 0.3) is 0 Å². The van der Waals surface area contributed by atoms with Gasteiger partial charge in [-0.05, 0) is 0 Å². The first kappa shape index (κ1) is 19.1. The lowest BCUT2D eigenvalue weighted by molar-refractivity contribution is 0.381. The Hall–Kier alpha value is 0.490. The first-order valence-corrected chi connectivity index (χ1v) is 7.99. The van der Waals surface area contributed by atoms with Crippen molar-refractivity contribution in [2.75, 3.05) is 25.0 Å². The summed E-state index contributed by atoms with van der Waals surface area (Å²) in [6, 6.07) is 0. The number of rotatable bonds is 0. The Balaban J connectivity index is -0.000000117. The SMILES string of the molecule is C[S+](C)[O-].C[S+](C)[O-].O=S(=O)(O)O. The smallest absolute Gasteiger partial charge is 0.394 e. The van der Waals surface area contributed by atoms with Crippen LogP contribution in [0.4, 0.5) is 0 Å². The van der Waals surface area contributed by atoms with E-state index in [2.05, 4.69) is 0 Å². The predicted octanol–water partition coefficient (Wildman–Crippen LogP) is -0.663. The van der Waals surface area contributed by atoms with Crippen molar-refractivity contribution in [3.8, 4) is 0 Å². The Bertz CT molecular complexity index is 155. The third kappa shape index (κ3) is 5720. The summed E-state index contributed by atoms with van der Waals surface area (Å²) < 4.78 is 50.7. The second-order valence-corrected chi connectivity index (χ2v) is 5.79. The van der Waals surface area contributed by atoms with E-state index in [1.54, 1.807) is 25.0 Å². The summed E-state index contributed by atoms with van der Waals surface area (Å²) in [5.74, 6) is 0. The van der Waals surface area contributed by atoms with E-state index in [4.69, 9.17) is 17.5 Å². The minimum atomic E-state index is -4.67. The van der Waals surface area contributed by atoms with Gasteiger partial charge in [0.1, 0.15) is 0 Å². The number of hydrogen-bond acceptors (Lipinski definition) is 4. The molecule has 0 aromatic heterocycles. The molecule has 0 aromatic carbocycles. The molecule has 13 heavy (non-hydrogen) atoms. The van der Waals surface area contributed by atoms with Crippen LogP contribution in [-0.2, 0) is 32.8 Å². The van der Waals surface area contributed by atoms with E-state index in [9.17, 15) is 9.11 Å². The zero-order valence-electron chi connectivity index (χ0n) is 7.75. The van der Waals surface area contributed by atoms with Crippen LogP contribution in [0.1, 0.15) is 0 Å². The molecule has 0 aliphatic carbocycles. The quantitative estimate of drug-likeness (QED) is 0.437. The van der Waals surface area contributed by atoms with Gasteiger partial charge in [-0.1, -0.05) is 22.4 Å². The summed E-state index contributed by atoms with van der Waals surface area (Å²) >= 11 is -1.22. The van der Waals surface area contributed by atoms with Crippen molar-refractivity contribution in [2.24, 2.45) is 0 Å². The van der Waals surface area contributed by atoms with Gasteiger partial charge in [-0.25, -0.2) is 0 Å². The molecule has 0 fully saturated rings. The van der Waals surface area contributed by atoms with Crippen LogP contribution in [0, 0.1) is 0 Å². The molecule has 0 aromatic rings. The second-order valence-electron chi connectivity index (χ2n) is 1.93. The monoisotopic (exact) mass is 254 g/mol. The van der Waals surface area contributed by atoms with Crippen molar-refractivity contribution >= 4 is 32.8 Å². The van der Waals surface area contributed by atoms with Gasteiger partial charge < -0.3 is 9.11 Å². The summed E-state index contributed by atoms with van der Waals surface area (Å²) in [6.45, 7) is 0. The van der Waals surface area contributed by atoms with E-state index in [0.29, 0.717) is 0 Å². The second kappa shape index (κ2) is 10.6. The van der Waals surface area contributed by atoms with E-state index in [1.165, 1.54) is 0 Å². The van der Waals surface area contributed by atoms with Crippen molar-refractivity contribution < 1.29 is 26.6 Å². The molecule has 0 bridgehead atoms. The Kier molecular flexibility index (Phi) is 15.5. The summed E-state index contributed by atoms with van der Waals surface area (Å²) in [5.41, 5.74) is 0. The summed E-state index contributed by atoms with van der Waals surface area (Å²) in [5, 5.41) is 0. The minimum Gasteiger partial charge on any atom is -0.617 e. The summed E-state index contributed by atoms with van der Waals surface area (Å²) in [7, 11) is -4.67. The van der Waals surface area contributed by atoms with Gasteiger partial charge in [-0.2, -0.15) is 8.42 Å². The molecule has 0 radical (unpaired) electrons. The molecule has 6 nitrogen and oxygen atoms in total. The van der Waals surface area contributed by atoms with Crippen LogP contribution in [0.2, 0.25) is 0 Å². The fourth-order valence-corrected chi connectivity index (χ4v) is 0. The van der Waals surface area contributed by atoms with Gasteiger partial charge in [-0.3, -0.25) is 9.11 Å². The molecule has 84 valence electrons. The molecule has 0 saturated heterocycles. The van der Waals surface area contributed by atoms with Crippen LogP contribution in [0.15, 0.2) is 0 Å². The van der Waals surface area contributed by atoms with Crippen LogP contribution in [0.3, 0.4) is 0 Å². The zero-order valence-corrected chi connectivity index (χ0v) is 10.2. The molecule has 0 aliphatic rings. The van der Waals surface area contributed by atoms with Gasteiger partial charge in [0.2, 0.25) is 0 Å². The predicted molar refractivity (Wildman–Crippen MR) is 54.2 cm³/mol. The third-order valence-electron chi connectivity index (χ3n) is 0. The lowest BCUT2D eigenvalue weighted by atomic mass is 11.9. The van der Waals surface area contributed by atoms with E-state index in [-0.39, 0.29) is 0 Å². The molecule has 0 amide bonds. The molecular formula is C4H14O6S3. The standard InChI is InChI=1S/2C2H6OS.H2O4S/c2*1-4(2)3;1-5(2,3)4/h2*1-2H3;(H2,1,2,3,4). The third-order valence-corrected chi connectivity index (χ3v) is 0. The molecule has 0 heterocycles. The highest BCUT2D eigenvalue weighted by Gasteiger charge is 1.84. The van der Waals surface area contributed by atoms with Crippen LogP contribution in [-0.4, -0.2) is 51.7 Å². The van der Waals surface area contributed by atoms with Gasteiger partial charge in [-0.15, -0.1) is 0 Å². The Labute approximate surface area is 84.7 Å². The lowest BCUT2D eigenvalue weighted by Crippen LogP contribution is -1.89. The van der Waals surface area contributed by atoms with E-state index >= 15 is 0 Å². The maximum atomic E-state index is 9.56. The molecule has 2 N–H and O–H groups in total. The molecule has 0 aliphatic heterocycles. The maximum absolute atomic E-state index is 9.56. The van der Waals surface area contributed by atoms with Crippen LogP contribution >= 0.6 is 0 Å². The largest absolute Gasteiger partial charge is 0.617 e. The fourth-order valence-electron chi connectivity index (χ4n) is 0. The summed E-state index contributed by atoms with van der Waals surface area (Å²) in [6.07, 6.45) is 6.56. The molecule has 0 spiro atoms. The highest BCUT2D eigenvalue weighted by molar-refractivity contribution is 7.90. The van der Waals surface area contributed by atoms with Crippen LogP contribution < -0.4 is 0 Å². The Morgan fingerprint density at radius 1 is 0.923 bits per heavy atom. The number of hydrogen-bond donors (Lipinski definition) is 2. The van der Waals surface area contributed by atoms with Gasteiger partial charge in [0.05, 0.1) is 25.0 Å². The minimum absolute atomic E-state index is 0.611. The average molecular weight is 254 g/mol. The van der Waals surface area contributed by atoms with E-state index < -0.39 is 32.8 Å². The Morgan fingerprint density at radius 3 is 0.923 bits per heavy atom. The highest BCUT2D eigenvalue weighted by atomic mass is 32.3. The first-order chi connectivity index (χ1) is 5.46. The van der Waals surface area contributed by atoms with Crippen molar-refractivity contribution in [3.05, 3.63) is 0 Å². The van der Waals surface area contributed by atoms with Crippen molar-refractivity contribution in [3.63, 3.8) is 0 Å².